The predicted octanol–water partition coefficient (Wildman–Crippen LogP) is 4.11. The van der Waals surface area contributed by atoms with Gasteiger partial charge >= 0.3 is 5.63 Å². The fraction of sp³-hybridized carbons (Fsp3) is 0.158. The minimum Gasteiger partial charge on any atom is -0.417 e. The van der Waals surface area contributed by atoms with Gasteiger partial charge in [-0.2, -0.15) is 0 Å². The highest BCUT2D eigenvalue weighted by molar-refractivity contribution is 6.04. The summed E-state index contributed by atoms with van der Waals surface area (Å²) in [5.74, 6) is -1.16. The van der Waals surface area contributed by atoms with Crippen LogP contribution in [0.2, 0.25) is 0 Å². The SMILES string of the molecule is Cc1cc(C)c(NC(=O)c2cc3ccc(F)cc3c(=O)o2)c(C)c1. The maximum atomic E-state index is 13.2. The lowest BCUT2D eigenvalue weighted by atomic mass is 10.0. The van der Waals surface area contributed by atoms with Crippen molar-refractivity contribution < 1.29 is 13.6 Å². The van der Waals surface area contributed by atoms with Gasteiger partial charge in [-0.3, -0.25) is 4.79 Å². The second-order valence-electron chi connectivity index (χ2n) is 5.86. The zero-order chi connectivity index (χ0) is 17.4. The molecule has 122 valence electrons. The Morgan fingerprint density at radius 1 is 1.04 bits per heavy atom. The number of fused-ring (bicyclic) bond motifs is 1. The molecule has 0 aliphatic carbocycles. The van der Waals surface area contributed by atoms with E-state index in [1.165, 1.54) is 18.2 Å². The summed E-state index contributed by atoms with van der Waals surface area (Å²) >= 11 is 0. The van der Waals surface area contributed by atoms with E-state index in [1.54, 1.807) is 0 Å². The lowest BCUT2D eigenvalue weighted by Crippen LogP contribution is -2.16. The van der Waals surface area contributed by atoms with E-state index in [1.807, 2.05) is 32.9 Å². The molecule has 0 radical (unpaired) electrons. The third-order valence-electron chi connectivity index (χ3n) is 3.86. The number of rotatable bonds is 2. The molecule has 0 fully saturated rings. The molecule has 0 spiro atoms. The molecule has 1 amide bonds. The van der Waals surface area contributed by atoms with Crippen molar-refractivity contribution in [2.75, 3.05) is 5.32 Å². The Kier molecular flexibility index (Phi) is 3.93. The van der Waals surface area contributed by atoms with Crippen LogP contribution in [-0.4, -0.2) is 5.91 Å². The number of aryl methyl sites for hydroxylation is 3. The lowest BCUT2D eigenvalue weighted by molar-refractivity contribution is 0.0993. The Labute approximate surface area is 137 Å². The standard InChI is InChI=1S/C19H16FNO3/c1-10-6-11(2)17(12(3)7-10)21-18(22)16-8-13-4-5-14(20)9-15(13)19(23)24-16/h4-9H,1-3H3,(H,21,22). The number of carbonyl (C=O) groups excluding carboxylic acids is 1. The number of benzene rings is 2. The first-order valence-corrected chi connectivity index (χ1v) is 7.48. The average molecular weight is 325 g/mol. The van der Waals surface area contributed by atoms with Crippen molar-refractivity contribution in [1.82, 2.24) is 0 Å². The highest BCUT2D eigenvalue weighted by atomic mass is 19.1. The maximum Gasteiger partial charge on any atom is 0.344 e. The van der Waals surface area contributed by atoms with E-state index in [0.717, 1.165) is 22.8 Å². The smallest absolute Gasteiger partial charge is 0.344 e. The van der Waals surface area contributed by atoms with Gasteiger partial charge in [0.15, 0.2) is 5.76 Å². The Bertz CT molecular complexity index is 998. The van der Waals surface area contributed by atoms with Crippen molar-refractivity contribution in [3.8, 4) is 0 Å². The molecular weight excluding hydrogens is 309 g/mol. The summed E-state index contributed by atoms with van der Waals surface area (Å²) in [6.07, 6.45) is 0. The molecule has 1 aromatic heterocycles. The van der Waals surface area contributed by atoms with Crippen LogP contribution in [0.5, 0.6) is 0 Å². The Morgan fingerprint density at radius 3 is 2.38 bits per heavy atom. The highest BCUT2D eigenvalue weighted by Gasteiger charge is 2.15. The van der Waals surface area contributed by atoms with E-state index < -0.39 is 17.3 Å². The molecule has 0 saturated heterocycles. The number of anilines is 1. The minimum atomic E-state index is -0.741. The Balaban J connectivity index is 2.01. The summed E-state index contributed by atoms with van der Waals surface area (Å²) in [7, 11) is 0. The zero-order valence-corrected chi connectivity index (χ0v) is 13.6. The second kappa shape index (κ2) is 5.92. The number of hydrogen-bond acceptors (Lipinski definition) is 3. The van der Waals surface area contributed by atoms with E-state index in [-0.39, 0.29) is 11.1 Å². The normalized spacial score (nSPS) is 10.8. The maximum absolute atomic E-state index is 13.2. The lowest BCUT2D eigenvalue weighted by Gasteiger charge is -2.12. The first kappa shape index (κ1) is 15.9. The van der Waals surface area contributed by atoms with E-state index in [0.29, 0.717) is 11.1 Å². The van der Waals surface area contributed by atoms with Crippen molar-refractivity contribution in [2.24, 2.45) is 0 Å². The van der Waals surface area contributed by atoms with Gasteiger partial charge in [0, 0.05) is 5.69 Å². The van der Waals surface area contributed by atoms with Crippen molar-refractivity contribution in [1.29, 1.82) is 0 Å². The third kappa shape index (κ3) is 2.93. The summed E-state index contributed by atoms with van der Waals surface area (Å²) < 4.78 is 18.3. The monoisotopic (exact) mass is 325 g/mol. The minimum absolute atomic E-state index is 0.106. The fourth-order valence-electron chi connectivity index (χ4n) is 2.82. The zero-order valence-electron chi connectivity index (χ0n) is 13.6. The summed E-state index contributed by atoms with van der Waals surface area (Å²) in [4.78, 5) is 24.4. The Morgan fingerprint density at radius 2 is 1.71 bits per heavy atom. The van der Waals surface area contributed by atoms with Crippen LogP contribution >= 0.6 is 0 Å². The average Bonchev–Trinajstić information content (AvgIpc) is 2.51. The summed E-state index contributed by atoms with van der Waals surface area (Å²) in [5, 5.41) is 3.34. The molecule has 3 rings (SSSR count). The molecule has 1 heterocycles. The van der Waals surface area contributed by atoms with Crippen LogP contribution in [0, 0.1) is 26.6 Å². The molecule has 0 aliphatic heterocycles. The van der Waals surface area contributed by atoms with Gasteiger partial charge in [0.05, 0.1) is 5.39 Å². The largest absolute Gasteiger partial charge is 0.417 e. The van der Waals surface area contributed by atoms with Gasteiger partial charge in [-0.1, -0.05) is 23.8 Å². The third-order valence-corrected chi connectivity index (χ3v) is 3.86. The quantitative estimate of drug-likeness (QED) is 0.771. The fourth-order valence-corrected chi connectivity index (χ4v) is 2.82. The van der Waals surface area contributed by atoms with E-state index in [4.69, 9.17) is 4.42 Å². The van der Waals surface area contributed by atoms with E-state index in [2.05, 4.69) is 5.32 Å². The molecule has 5 heteroatoms. The van der Waals surface area contributed by atoms with Crippen molar-refractivity contribution in [2.45, 2.75) is 20.8 Å². The molecule has 2 aromatic carbocycles. The topological polar surface area (TPSA) is 59.3 Å². The van der Waals surface area contributed by atoms with Gasteiger partial charge in [0.2, 0.25) is 0 Å². The molecular formula is C19H16FNO3. The van der Waals surface area contributed by atoms with Gasteiger partial charge in [0.1, 0.15) is 5.82 Å². The van der Waals surface area contributed by atoms with Gasteiger partial charge in [-0.15, -0.1) is 0 Å². The van der Waals surface area contributed by atoms with Crippen LogP contribution < -0.4 is 10.9 Å². The molecule has 3 aromatic rings. The van der Waals surface area contributed by atoms with Gasteiger partial charge in [-0.05, 0) is 55.5 Å². The van der Waals surface area contributed by atoms with E-state index >= 15 is 0 Å². The van der Waals surface area contributed by atoms with Crippen LogP contribution in [0.1, 0.15) is 27.2 Å². The van der Waals surface area contributed by atoms with Crippen molar-refractivity contribution >= 4 is 22.4 Å². The molecule has 0 bridgehead atoms. The predicted molar refractivity (Wildman–Crippen MR) is 91.0 cm³/mol. The second-order valence-corrected chi connectivity index (χ2v) is 5.86. The first-order valence-electron chi connectivity index (χ1n) is 7.48. The van der Waals surface area contributed by atoms with E-state index in [9.17, 15) is 14.0 Å². The number of halogens is 1. The summed E-state index contributed by atoms with van der Waals surface area (Å²) in [5.41, 5.74) is 2.89. The first-order chi connectivity index (χ1) is 11.3. The number of amides is 1. The van der Waals surface area contributed by atoms with Crippen molar-refractivity contribution in [3.63, 3.8) is 0 Å². The van der Waals surface area contributed by atoms with Gasteiger partial charge in [0.25, 0.3) is 5.91 Å². The number of nitrogens with one attached hydrogen (secondary N) is 1. The van der Waals surface area contributed by atoms with Crippen molar-refractivity contribution in [3.05, 3.63) is 75.1 Å². The molecule has 0 aliphatic rings. The van der Waals surface area contributed by atoms with Crippen LogP contribution in [0.25, 0.3) is 10.8 Å². The molecule has 0 atom stereocenters. The Hall–Kier alpha value is -2.95. The van der Waals surface area contributed by atoms with Gasteiger partial charge in [-0.25, -0.2) is 9.18 Å². The number of carbonyl (C=O) groups is 1. The van der Waals surface area contributed by atoms with Gasteiger partial charge < -0.3 is 9.73 Å². The molecule has 0 saturated carbocycles. The van der Waals surface area contributed by atoms with Crippen LogP contribution in [-0.2, 0) is 0 Å². The number of hydrogen-bond donors (Lipinski definition) is 1. The molecule has 4 nitrogen and oxygen atoms in total. The van der Waals surface area contributed by atoms with Crippen LogP contribution in [0.4, 0.5) is 10.1 Å². The highest BCUT2D eigenvalue weighted by Crippen LogP contribution is 2.23. The van der Waals surface area contributed by atoms with Crippen LogP contribution in [0.15, 0.2) is 45.6 Å². The molecule has 1 N–H and O–H groups in total. The molecule has 0 unspecified atom stereocenters. The van der Waals surface area contributed by atoms with Crippen LogP contribution in [0.3, 0.4) is 0 Å². The summed E-state index contributed by atoms with van der Waals surface area (Å²) in [6.45, 7) is 5.77. The summed E-state index contributed by atoms with van der Waals surface area (Å²) in [6, 6.07) is 9.13. The molecule has 24 heavy (non-hydrogen) atoms.